The fourth-order valence-corrected chi connectivity index (χ4v) is 1.56. The second-order valence-electron chi connectivity index (χ2n) is 3.72. The first-order chi connectivity index (χ1) is 8.13. The molecule has 0 fully saturated rings. The Bertz CT molecular complexity index is 342. The fourth-order valence-electron chi connectivity index (χ4n) is 1.56. The van der Waals surface area contributed by atoms with Crippen LogP contribution in [0.2, 0.25) is 0 Å². The van der Waals surface area contributed by atoms with E-state index >= 15 is 0 Å². The number of methoxy groups -OCH3 is 1. The molecule has 0 radical (unpaired) electrons. The van der Waals surface area contributed by atoms with Gasteiger partial charge in [-0.15, -0.1) is 0 Å². The van der Waals surface area contributed by atoms with Crippen molar-refractivity contribution in [3.8, 4) is 0 Å². The zero-order valence-electron chi connectivity index (χ0n) is 9.74. The molecule has 1 aromatic rings. The average molecular weight is 239 g/mol. The SMILES string of the molecule is COCC(O)CN(CC(=O)O)c1ccccc1. The largest absolute Gasteiger partial charge is 0.480 e. The number of anilines is 1. The van der Waals surface area contributed by atoms with Crippen molar-refractivity contribution in [2.24, 2.45) is 0 Å². The number of carbonyl (C=O) groups is 1. The number of para-hydroxylation sites is 1. The van der Waals surface area contributed by atoms with Crippen molar-refractivity contribution in [3.05, 3.63) is 30.3 Å². The molecule has 1 rings (SSSR count). The van der Waals surface area contributed by atoms with Gasteiger partial charge < -0.3 is 19.8 Å². The number of rotatable bonds is 7. The standard InChI is InChI=1S/C12H17NO4/c1-17-9-11(14)7-13(8-12(15)16)10-5-3-2-4-6-10/h2-6,11,14H,7-9H2,1H3,(H,15,16). The van der Waals surface area contributed by atoms with Crippen molar-refractivity contribution in [2.45, 2.75) is 6.10 Å². The minimum absolute atomic E-state index is 0.148. The van der Waals surface area contributed by atoms with Crippen LogP contribution in [0.4, 0.5) is 5.69 Å². The molecule has 0 aliphatic carbocycles. The molecule has 0 aliphatic rings. The second-order valence-corrected chi connectivity index (χ2v) is 3.72. The summed E-state index contributed by atoms with van der Waals surface area (Å²) in [6, 6.07) is 9.12. The third kappa shape index (κ3) is 4.84. The van der Waals surface area contributed by atoms with Gasteiger partial charge in [-0.25, -0.2) is 0 Å². The van der Waals surface area contributed by atoms with Gasteiger partial charge in [-0.2, -0.15) is 0 Å². The number of hydrogen-bond acceptors (Lipinski definition) is 4. The molecule has 1 unspecified atom stereocenters. The molecule has 0 aromatic heterocycles. The predicted octanol–water partition coefficient (Wildman–Crippen LogP) is 0.585. The highest BCUT2D eigenvalue weighted by Gasteiger charge is 2.14. The normalized spacial score (nSPS) is 12.1. The van der Waals surface area contributed by atoms with Gasteiger partial charge in [-0.1, -0.05) is 18.2 Å². The maximum absolute atomic E-state index is 10.8. The van der Waals surface area contributed by atoms with Gasteiger partial charge in [0.05, 0.1) is 12.7 Å². The summed E-state index contributed by atoms with van der Waals surface area (Å²) >= 11 is 0. The van der Waals surface area contributed by atoms with Crippen LogP contribution >= 0.6 is 0 Å². The lowest BCUT2D eigenvalue weighted by atomic mass is 10.2. The highest BCUT2D eigenvalue weighted by Crippen LogP contribution is 2.13. The summed E-state index contributed by atoms with van der Waals surface area (Å²) < 4.78 is 4.82. The highest BCUT2D eigenvalue weighted by molar-refractivity contribution is 5.73. The van der Waals surface area contributed by atoms with Gasteiger partial charge in [0.15, 0.2) is 0 Å². The van der Waals surface area contributed by atoms with Gasteiger partial charge in [-0.05, 0) is 12.1 Å². The number of aliphatic carboxylic acids is 1. The molecular formula is C12H17NO4. The van der Waals surface area contributed by atoms with Crippen molar-refractivity contribution >= 4 is 11.7 Å². The molecule has 0 amide bonds. The number of aliphatic hydroxyl groups excluding tert-OH is 1. The first-order valence-corrected chi connectivity index (χ1v) is 5.32. The van der Waals surface area contributed by atoms with Crippen molar-refractivity contribution in [1.29, 1.82) is 0 Å². The molecule has 1 aromatic carbocycles. The van der Waals surface area contributed by atoms with E-state index in [2.05, 4.69) is 0 Å². The second kappa shape index (κ2) is 6.88. The van der Waals surface area contributed by atoms with Crippen LogP contribution in [-0.4, -0.2) is 49.1 Å². The van der Waals surface area contributed by atoms with E-state index in [9.17, 15) is 9.90 Å². The molecular weight excluding hydrogens is 222 g/mol. The molecule has 5 nitrogen and oxygen atoms in total. The Kier molecular flexibility index (Phi) is 5.45. The highest BCUT2D eigenvalue weighted by atomic mass is 16.5. The van der Waals surface area contributed by atoms with Gasteiger partial charge in [-0.3, -0.25) is 4.79 Å². The van der Waals surface area contributed by atoms with Crippen LogP contribution in [-0.2, 0) is 9.53 Å². The Morgan fingerprint density at radius 1 is 1.41 bits per heavy atom. The lowest BCUT2D eigenvalue weighted by Crippen LogP contribution is -2.38. The van der Waals surface area contributed by atoms with Crippen LogP contribution < -0.4 is 4.90 Å². The van der Waals surface area contributed by atoms with Crippen molar-refractivity contribution in [3.63, 3.8) is 0 Å². The van der Waals surface area contributed by atoms with E-state index < -0.39 is 12.1 Å². The Hall–Kier alpha value is -1.59. The van der Waals surface area contributed by atoms with Gasteiger partial charge in [0.1, 0.15) is 6.54 Å². The Morgan fingerprint density at radius 3 is 2.59 bits per heavy atom. The van der Waals surface area contributed by atoms with Crippen LogP contribution in [0, 0.1) is 0 Å². The molecule has 0 saturated carbocycles. The molecule has 0 aliphatic heterocycles. The zero-order valence-corrected chi connectivity index (χ0v) is 9.74. The van der Waals surface area contributed by atoms with Gasteiger partial charge >= 0.3 is 5.97 Å². The average Bonchev–Trinajstić information content (AvgIpc) is 2.29. The quantitative estimate of drug-likeness (QED) is 0.728. The molecule has 5 heteroatoms. The molecule has 0 spiro atoms. The van der Waals surface area contributed by atoms with Crippen LogP contribution in [0.25, 0.3) is 0 Å². The third-order valence-corrected chi connectivity index (χ3v) is 2.24. The Morgan fingerprint density at radius 2 is 2.06 bits per heavy atom. The van der Waals surface area contributed by atoms with Crippen LogP contribution in [0.15, 0.2) is 30.3 Å². The van der Waals surface area contributed by atoms with Gasteiger partial charge in [0, 0.05) is 19.3 Å². The van der Waals surface area contributed by atoms with E-state index in [0.29, 0.717) is 0 Å². The summed E-state index contributed by atoms with van der Waals surface area (Å²) in [4.78, 5) is 12.4. The summed E-state index contributed by atoms with van der Waals surface area (Å²) in [5.41, 5.74) is 0.769. The Labute approximate surface area is 100 Å². The first-order valence-electron chi connectivity index (χ1n) is 5.32. The molecule has 0 saturated heterocycles. The van der Waals surface area contributed by atoms with E-state index in [-0.39, 0.29) is 19.7 Å². The van der Waals surface area contributed by atoms with Gasteiger partial charge in [0.2, 0.25) is 0 Å². The van der Waals surface area contributed by atoms with Crippen molar-refractivity contribution in [1.82, 2.24) is 0 Å². The monoisotopic (exact) mass is 239 g/mol. The molecule has 94 valence electrons. The fraction of sp³-hybridized carbons (Fsp3) is 0.417. The summed E-state index contributed by atoms with van der Waals surface area (Å²) in [6.07, 6.45) is -0.709. The minimum atomic E-state index is -0.932. The molecule has 0 bridgehead atoms. The minimum Gasteiger partial charge on any atom is -0.480 e. The lowest BCUT2D eigenvalue weighted by molar-refractivity contribution is -0.135. The third-order valence-electron chi connectivity index (χ3n) is 2.24. The lowest BCUT2D eigenvalue weighted by Gasteiger charge is -2.25. The molecule has 17 heavy (non-hydrogen) atoms. The summed E-state index contributed by atoms with van der Waals surface area (Å²) in [5.74, 6) is -0.932. The predicted molar refractivity (Wildman–Crippen MR) is 64.2 cm³/mol. The topological polar surface area (TPSA) is 70.0 Å². The van der Waals surface area contributed by atoms with Crippen molar-refractivity contribution in [2.75, 3.05) is 31.7 Å². The number of carboxylic acids is 1. The maximum Gasteiger partial charge on any atom is 0.323 e. The number of ether oxygens (including phenoxy) is 1. The van der Waals surface area contributed by atoms with E-state index in [1.54, 1.807) is 4.90 Å². The van der Waals surface area contributed by atoms with E-state index in [1.807, 2.05) is 30.3 Å². The Balaban J connectivity index is 2.70. The van der Waals surface area contributed by atoms with E-state index in [0.717, 1.165) is 5.69 Å². The van der Waals surface area contributed by atoms with Crippen molar-refractivity contribution < 1.29 is 19.7 Å². The number of nitrogens with zero attached hydrogens (tertiary/aromatic N) is 1. The molecule has 2 N–H and O–H groups in total. The zero-order chi connectivity index (χ0) is 12.7. The summed E-state index contributed by atoms with van der Waals surface area (Å²) in [5, 5.41) is 18.5. The van der Waals surface area contributed by atoms with E-state index in [4.69, 9.17) is 9.84 Å². The number of carboxylic acid groups (broad SMARTS) is 1. The van der Waals surface area contributed by atoms with E-state index in [1.165, 1.54) is 7.11 Å². The number of aliphatic hydroxyl groups is 1. The number of benzene rings is 1. The molecule has 0 heterocycles. The van der Waals surface area contributed by atoms with Crippen LogP contribution in [0.3, 0.4) is 0 Å². The van der Waals surface area contributed by atoms with Gasteiger partial charge in [0.25, 0.3) is 0 Å². The van der Waals surface area contributed by atoms with Crippen LogP contribution in [0.5, 0.6) is 0 Å². The summed E-state index contributed by atoms with van der Waals surface area (Å²) in [7, 11) is 1.49. The number of hydrogen-bond donors (Lipinski definition) is 2. The van der Waals surface area contributed by atoms with Crippen LogP contribution in [0.1, 0.15) is 0 Å². The first kappa shape index (κ1) is 13.5. The molecule has 1 atom stereocenters. The summed E-state index contributed by atoms with van der Waals surface area (Å²) in [6.45, 7) is 0.262. The smallest absolute Gasteiger partial charge is 0.323 e. The maximum atomic E-state index is 10.8.